The number of carbonyl (C=O) groups excluding carboxylic acids is 1. The number of thiazole rings is 1. The smallest absolute Gasteiger partial charge is 0.355 e. The van der Waals surface area contributed by atoms with E-state index in [2.05, 4.69) is 15.3 Å². The molecule has 0 aliphatic rings. The maximum atomic E-state index is 12.0. The highest BCUT2D eigenvalue weighted by Gasteiger charge is 2.10. The molecule has 22 heavy (non-hydrogen) atoms. The highest BCUT2D eigenvalue weighted by molar-refractivity contribution is 7.09. The Hall–Kier alpha value is -2.48. The molecule has 2 aromatic rings. The van der Waals surface area contributed by atoms with E-state index in [1.54, 1.807) is 12.1 Å². The van der Waals surface area contributed by atoms with Crippen molar-refractivity contribution in [1.82, 2.24) is 15.3 Å². The number of amides is 1. The van der Waals surface area contributed by atoms with Crippen molar-refractivity contribution in [2.75, 3.05) is 25.5 Å². The maximum absolute atomic E-state index is 12.0. The number of rotatable bonds is 6. The van der Waals surface area contributed by atoms with Crippen molar-refractivity contribution < 1.29 is 14.7 Å². The van der Waals surface area contributed by atoms with E-state index in [0.717, 1.165) is 5.82 Å². The standard InChI is InChI=1S/C14H16N4O3S/c1-18(2)11-4-3-9(7-16-11)13(19)15-6-5-12-17-10(8-22-12)14(20)21/h3-4,7-8H,5-6H2,1-2H3,(H,15,19)(H,20,21). The lowest BCUT2D eigenvalue weighted by Gasteiger charge is -2.11. The first-order valence-corrected chi connectivity index (χ1v) is 7.44. The van der Waals surface area contributed by atoms with Gasteiger partial charge in [-0.1, -0.05) is 0 Å². The van der Waals surface area contributed by atoms with Gasteiger partial charge in [0.05, 0.1) is 10.6 Å². The summed E-state index contributed by atoms with van der Waals surface area (Å²) < 4.78 is 0. The van der Waals surface area contributed by atoms with Crippen LogP contribution in [0, 0.1) is 0 Å². The number of aromatic nitrogens is 2. The Balaban J connectivity index is 1.85. The van der Waals surface area contributed by atoms with Crippen LogP contribution in [0.25, 0.3) is 0 Å². The number of anilines is 1. The Morgan fingerprint density at radius 3 is 2.68 bits per heavy atom. The summed E-state index contributed by atoms with van der Waals surface area (Å²) in [7, 11) is 3.75. The summed E-state index contributed by atoms with van der Waals surface area (Å²) in [5, 5.41) is 13.7. The molecule has 2 heterocycles. The SMILES string of the molecule is CN(C)c1ccc(C(=O)NCCc2nc(C(=O)O)cs2)cn1. The minimum absolute atomic E-state index is 0.0369. The number of hydrogen-bond acceptors (Lipinski definition) is 6. The van der Waals surface area contributed by atoms with Gasteiger partial charge < -0.3 is 15.3 Å². The Morgan fingerprint density at radius 1 is 1.36 bits per heavy atom. The largest absolute Gasteiger partial charge is 0.476 e. The van der Waals surface area contributed by atoms with Crippen molar-refractivity contribution in [3.63, 3.8) is 0 Å². The molecule has 0 aliphatic heterocycles. The number of nitrogens with zero attached hydrogens (tertiary/aromatic N) is 3. The summed E-state index contributed by atoms with van der Waals surface area (Å²) in [6.45, 7) is 0.390. The topological polar surface area (TPSA) is 95.4 Å². The number of carbonyl (C=O) groups is 2. The summed E-state index contributed by atoms with van der Waals surface area (Å²) >= 11 is 1.27. The second kappa shape index (κ2) is 6.99. The van der Waals surface area contributed by atoms with Crippen LogP contribution in [-0.2, 0) is 6.42 Å². The summed E-state index contributed by atoms with van der Waals surface area (Å²) in [4.78, 5) is 32.7. The lowest BCUT2D eigenvalue weighted by molar-refractivity contribution is 0.0690. The Bertz CT molecular complexity index is 667. The van der Waals surface area contributed by atoms with Gasteiger partial charge >= 0.3 is 5.97 Å². The lowest BCUT2D eigenvalue weighted by Crippen LogP contribution is -2.26. The van der Waals surface area contributed by atoms with Crippen LogP contribution in [0.1, 0.15) is 25.9 Å². The van der Waals surface area contributed by atoms with Crippen LogP contribution in [0.15, 0.2) is 23.7 Å². The molecule has 0 saturated carbocycles. The highest BCUT2D eigenvalue weighted by Crippen LogP contribution is 2.10. The van der Waals surface area contributed by atoms with E-state index in [1.807, 2.05) is 19.0 Å². The summed E-state index contributed by atoms with van der Waals surface area (Å²) in [6, 6.07) is 3.48. The first-order chi connectivity index (χ1) is 10.5. The van der Waals surface area contributed by atoms with Crippen LogP contribution >= 0.6 is 11.3 Å². The molecule has 0 aromatic carbocycles. The molecule has 0 radical (unpaired) electrons. The predicted molar refractivity (Wildman–Crippen MR) is 83.7 cm³/mol. The van der Waals surface area contributed by atoms with Gasteiger partial charge in [0.25, 0.3) is 5.91 Å². The van der Waals surface area contributed by atoms with E-state index < -0.39 is 5.97 Å². The second-order valence-corrected chi connectivity index (χ2v) is 5.68. The van der Waals surface area contributed by atoms with Gasteiger partial charge in [-0.3, -0.25) is 4.79 Å². The zero-order valence-electron chi connectivity index (χ0n) is 12.2. The first-order valence-electron chi connectivity index (χ1n) is 6.56. The number of carboxylic acid groups (broad SMARTS) is 1. The fourth-order valence-corrected chi connectivity index (χ4v) is 2.47. The first kappa shape index (κ1) is 15.9. The van der Waals surface area contributed by atoms with Gasteiger partial charge in [0.1, 0.15) is 5.82 Å². The molecular formula is C14H16N4O3S. The van der Waals surface area contributed by atoms with Crippen LogP contribution in [0.3, 0.4) is 0 Å². The molecule has 2 N–H and O–H groups in total. The lowest BCUT2D eigenvalue weighted by atomic mass is 10.2. The zero-order valence-corrected chi connectivity index (χ0v) is 13.1. The fraction of sp³-hybridized carbons (Fsp3) is 0.286. The van der Waals surface area contributed by atoms with Crippen molar-refractivity contribution in [2.45, 2.75) is 6.42 Å². The normalized spacial score (nSPS) is 10.3. The quantitative estimate of drug-likeness (QED) is 0.832. The number of nitrogens with one attached hydrogen (secondary N) is 1. The molecule has 0 unspecified atom stereocenters. The second-order valence-electron chi connectivity index (χ2n) is 4.74. The van der Waals surface area contributed by atoms with Crippen molar-refractivity contribution >= 4 is 29.0 Å². The van der Waals surface area contributed by atoms with Crippen molar-refractivity contribution in [3.05, 3.63) is 40.0 Å². The van der Waals surface area contributed by atoms with Crippen molar-refractivity contribution in [3.8, 4) is 0 Å². The van der Waals surface area contributed by atoms with Gasteiger partial charge in [0.15, 0.2) is 5.69 Å². The molecule has 0 spiro atoms. The third kappa shape index (κ3) is 4.01. The van der Waals surface area contributed by atoms with Gasteiger partial charge in [-0.2, -0.15) is 0 Å². The van der Waals surface area contributed by atoms with Crippen LogP contribution in [-0.4, -0.2) is 47.6 Å². The molecule has 0 fully saturated rings. The van der Waals surface area contributed by atoms with Gasteiger partial charge in [-0.15, -0.1) is 11.3 Å². The minimum atomic E-state index is -1.04. The fourth-order valence-electron chi connectivity index (χ4n) is 1.69. The van der Waals surface area contributed by atoms with E-state index in [0.29, 0.717) is 23.5 Å². The van der Waals surface area contributed by atoms with Gasteiger partial charge in [0.2, 0.25) is 0 Å². The molecule has 1 amide bonds. The Kier molecular flexibility index (Phi) is 5.05. The predicted octanol–water partition coefficient (Wildman–Crippen LogP) is 1.27. The maximum Gasteiger partial charge on any atom is 0.355 e. The third-order valence-corrected chi connectivity index (χ3v) is 3.77. The van der Waals surface area contributed by atoms with Crippen LogP contribution in [0.2, 0.25) is 0 Å². The number of hydrogen-bond donors (Lipinski definition) is 2. The average Bonchev–Trinajstić information content (AvgIpc) is 2.96. The van der Waals surface area contributed by atoms with Gasteiger partial charge in [-0.25, -0.2) is 14.8 Å². The van der Waals surface area contributed by atoms with Crippen LogP contribution in [0.4, 0.5) is 5.82 Å². The van der Waals surface area contributed by atoms with Gasteiger partial charge in [-0.05, 0) is 12.1 Å². The van der Waals surface area contributed by atoms with E-state index in [1.165, 1.54) is 22.9 Å². The third-order valence-electron chi connectivity index (χ3n) is 2.86. The van der Waals surface area contributed by atoms with E-state index in [-0.39, 0.29) is 11.6 Å². The molecular weight excluding hydrogens is 304 g/mol. The summed E-state index contributed by atoms with van der Waals surface area (Å²) in [5.41, 5.74) is 0.519. The highest BCUT2D eigenvalue weighted by atomic mass is 32.1. The van der Waals surface area contributed by atoms with E-state index in [4.69, 9.17) is 5.11 Å². The molecule has 0 atom stereocenters. The minimum Gasteiger partial charge on any atom is -0.476 e. The summed E-state index contributed by atoms with van der Waals surface area (Å²) in [6.07, 6.45) is 2.02. The Labute approximate surface area is 131 Å². The van der Waals surface area contributed by atoms with E-state index in [9.17, 15) is 9.59 Å². The van der Waals surface area contributed by atoms with Crippen LogP contribution in [0.5, 0.6) is 0 Å². The molecule has 0 saturated heterocycles. The monoisotopic (exact) mass is 320 g/mol. The molecule has 2 rings (SSSR count). The van der Waals surface area contributed by atoms with E-state index >= 15 is 0 Å². The molecule has 7 nitrogen and oxygen atoms in total. The van der Waals surface area contributed by atoms with Crippen molar-refractivity contribution in [1.29, 1.82) is 0 Å². The molecule has 0 aliphatic carbocycles. The average molecular weight is 320 g/mol. The van der Waals surface area contributed by atoms with Gasteiger partial charge in [0, 0.05) is 38.6 Å². The number of aromatic carboxylic acids is 1. The number of pyridine rings is 1. The molecule has 0 bridgehead atoms. The number of carboxylic acids is 1. The van der Waals surface area contributed by atoms with Crippen LogP contribution < -0.4 is 10.2 Å². The molecule has 8 heteroatoms. The summed E-state index contributed by atoms with van der Waals surface area (Å²) in [5.74, 6) is -0.480. The van der Waals surface area contributed by atoms with Crippen molar-refractivity contribution in [2.24, 2.45) is 0 Å². The Morgan fingerprint density at radius 2 is 2.14 bits per heavy atom. The zero-order chi connectivity index (χ0) is 16.1. The molecule has 116 valence electrons. The molecule has 2 aromatic heterocycles.